The first-order valence-corrected chi connectivity index (χ1v) is 7.10. The van der Waals surface area contributed by atoms with Gasteiger partial charge in [0.1, 0.15) is 5.75 Å². The zero-order valence-electron chi connectivity index (χ0n) is 10.5. The van der Waals surface area contributed by atoms with Crippen LogP contribution in [-0.2, 0) is 0 Å². The van der Waals surface area contributed by atoms with Gasteiger partial charge < -0.3 is 10.1 Å². The van der Waals surface area contributed by atoms with E-state index in [0.29, 0.717) is 6.04 Å². The molecule has 4 heteroatoms. The van der Waals surface area contributed by atoms with Crippen LogP contribution >= 0.6 is 11.6 Å². The van der Waals surface area contributed by atoms with E-state index in [4.69, 9.17) is 16.3 Å². The average molecular weight is 267 g/mol. The molecule has 1 aromatic rings. The number of benzene rings is 1. The molecule has 1 N–H and O–H groups in total. The maximum atomic E-state index is 6.26. The average Bonchev–Trinajstić information content (AvgIpc) is 2.63. The first kappa shape index (κ1) is 12.3. The van der Waals surface area contributed by atoms with Crippen LogP contribution in [0.25, 0.3) is 0 Å². The SMILES string of the molecule is Clc1cccc2c1OCCCC2N1CCNCC1. The fourth-order valence-corrected chi connectivity index (χ4v) is 3.16. The molecule has 2 heterocycles. The number of hydrogen-bond donors (Lipinski definition) is 1. The molecule has 1 aromatic carbocycles. The number of para-hydroxylation sites is 1. The minimum absolute atomic E-state index is 0.461. The van der Waals surface area contributed by atoms with Crippen LogP contribution in [0.15, 0.2) is 18.2 Å². The van der Waals surface area contributed by atoms with Gasteiger partial charge in [0.25, 0.3) is 0 Å². The van der Waals surface area contributed by atoms with Gasteiger partial charge in [-0.1, -0.05) is 23.7 Å². The van der Waals surface area contributed by atoms with Crippen molar-refractivity contribution in [3.8, 4) is 5.75 Å². The van der Waals surface area contributed by atoms with Crippen molar-refractivity contribution in [2.45, 2.75) is 18.9 Å². The molecule has 0 spiro atoms. The highest BCUT2D eigenvalue weighted by Gasteiger charge is 2.27. The molecule has 0 bridgehead atoms. The highest BCUT2D eigenvalue weighted by atomic mass is 35.5. The Morgan fingerprint density at radius 2 is 2.11 bits per heavy atom. The Hall–Kier alpha value is -0.770. The minimum Gasteiger partial charge on any atom is -0.492 e. The summed E-state index contributed by atoms with van der Waals surface area (Å²) in [5.74, 6) is 0.903. The maximum Gasteiger partial charge on any atom is 0.142 e. The Labute approximate surface area is 113 Å². The van der Waals surface area contributed by atoms with Crippen LogP contribution in [-0.4, -0.2) is 37.7 Å². The van der Waals surface area contributed by atoms with Gasteiger partial charge in [0.15, 0.2) is 0 Å². The van der Waals surface area contributed by atoms with Crippen LogP contribution in [0, 0.1) is 0 Å². The molecule has 2 aliphatic heterocycles. The Morgan fingerprint density at radius 3 is 2.94 bits per heavy atom. The third-order valence-corrected chi connectivity index (χ3v) is 4.11. The van der Waals surface area contributed by atoms with Gasteiger partial charge in [0.2, 0.25) is 0 Å². The standard InChI is InChI=1S/C14H19ClN2O/c15-12-4-1-3-11-13(5-2-10-18-14(11)12)17-8-6-16-7-9-17/h1,3-4,13,16H,2,5-10H2. The maximum absolute atomic E-state index is 6.26. The monoisotopic (exact) mass is 266 g/mol. The highest BCUT2D eigenvalue weighted by Crippen LogP contribution is 2.39. The fraction of sp³-hybridized carbons (Fsp3) is 0.571. The van der Waals surface area contributed by atoms with Crippen LogP contribution in [0.2, 0.25) is 5.02 Å². The summed E-state index contributed by atoms with van der Waals surface area (Å²) in [6.45, 7) is 5.15. The smallest absolute Gasteiger partial charge is 0.142 e. The normalized spacial score (nSPS) is 25.1. The molecule has 2 aliphatic rings. The third kappa shape index (κ3) is 2.35. The molecule has 1 fully saturated rings. The van der Waals surface area contributed by atoms with Gasteiger partial charge in [-0.05, 0) is 18.9 Å². The van der Waals surface area contributed by atoms with E-state index >= 15 is 0 Å². The predicted octanol–water partition coefficient (Wildman–Crippen LogP) is 2.46. The van der Waals surface area contributed by atoms with E-state index in [2.05, 4.69) is 16.3 Å². The van der Waals surface area contributed by atoms with Crippen molar-refractivity contribution in [3.63, 3.8) is 0 Å². The molecule has 3 nitrogen and oxygen atoms in total. The quantitative estimate of drug-likeness (QED) is 0.845. The van der Waals surface area contributed by atoms with Crippen molar-refractivity contribution in [2.24, 2.45) is 0 Å². The van der Waals surface area contributed by atoms with Crippen molar-refractivity contribution in [2.75, 3.05) is 32.8 Å². The Kier molecular flexibility index (Phi) is 3.73. The molecular weight excluding hydrogens is 248 g/mol. The number of fused-ring (bicyclic) bond motifs is 1. The molecule has 1 saturated heterocycles. The van der Waals surface area contributed by atoms with Crippen molar-refractivity contribution in [3.05, 3.63) is 28.8 Å². The number of nitrogens with zero attached hydrogens (tertiary/aromatic N) is 1. The van der Waals surface area contributed by atoms with Gasteiger partial charge in [0, 0.05) is 37.8 Å². The highest BCUT2D eigenvalue weighted by molar-refractivity contribution is 6.32. The topological polar surface area (TPSA) is 24.5 Å². The van der Waals surface area contributed by atoms with E-state index in [0.717, 1.165) is 56.4 Å². The van der Waals surface area contributed by atoms with Crippen molar-refractivity contribution >= 4 is 11.6 Å². The van der Waals surface area contributed by atoms with Gasteiger partial charge in [-0.15, -0.1) is 0 Å². The molecule has 0 aliphatic carbocycles. The Bertz CT molecular complexity index is 418. The molecule has 98 valence electrons. The Balaban J connectivity index is 1.93. The zero-order valence-corrected chi connectivity index (χ0v) is 11.2. The first-order chi connectivity index (χ1) is 8.86. The second-order valence-electron chi connectivity index (χ2n) is 4.95. The van der Waals surface area contributed by atoms with E-state index in [9.17, 15) is 0 Å². The molecule has 18 heavy (non-hydrogen) atoms. The van der Waals surface area contributed by atoms with Crippen molar-refractivity contribution < 1.29 is 4.74 Å². The molecule has 0 aromatic heterocycles. The Morgan fingerprint density at radius 1 is 1.28 bits per heavy atom. The molecule has 1 atom stereocenters. The molecule has 0 saturated carbocycles. The number of ether oxygens (including phenoxy) is 1. The van der Waals surface area contributed by atoms with Crippen molar-refractivity contribution in [1.29, 1.82) is 0 Å². The van der Waals surface area contributed by atoms with Gasteiger partial charge in [-0.2, -0.15) is 0 Å². The second-order valence-corrected chi connectivity index (χ2v) is 5.36. The summed E-state index contributed by atoms with van der Waals surface area (Å²) in [5.41, 5.74) is 1.27. The van der Waals surface area contributed by atoms with Crippen LogP contribution in [0.1, 0.15) is 24.4 Å². The summed E-state index contributed by atoms with van der Waals surface area (Å²) in [5, 5.41) is 4.15. The van der Waals surface area contributed by atoms with Crippen LogP contribution in [0.5, 0.6) is 5.75 Å². The van der Waals surface area contributed by atoms with Gasteiger partial charge in [-0.3, -0.25) is 4.90 Å². The summed E-state index contributed by atoms with van der Waals surface area (Å²) >= 11 is 6.26. The first-order valence-electron chi connectivity index (χ1n) is 6.72. The summed E-state index contributed by atoms with van der Waals surface area (Å²) in [6.07, 6.45) is 2.26. The lowest BCUT2D eigenvalue weighted by molar-refractivity contribution is 0.165. The molecular formula is C14H19ClN2O. The van der Waals surface area contributed by atoms with Crippen LogP contribution < -0.4 is 10.1 Å². The number of piperazine rings is 1. The molecule has 0 amide bonds. The van der Waals surface area contributed by atoms with Crippen molar-refractivity contribution in [1.82, 2.24) is 10.2 Å². The lowest BCUT2D eigenvalue weighted by atomic mass is 9.99. The van der Waals surface area contributed by atoms with Crippen LogP contribution in [0.3, 0.4) is 0 Å². The second kappa shape index (κ2) is 5.47. The third-order valence-electron chi connectivity index (χ3n) is 3.82. The zero-order chi connectivity index (χ0) is 12.4. The summed E-state index contributed by atoms with van der Waals surface area (Å²) < 4.78 is 5.83. The van der Waals surface area contributed by atoms with E-state index < -0.39 is 0 Å². The molecule has 1 unspecified atom stereocenters. The minimum atomic E-state index is 0.461. The number of hydrogen-bond acceptors (Lipinski definition) is 3. The number of halogens is 1. The molecule has 0 radical (unpaired) electrons. The number of rotatable bonds is 1. The summed E-state index contributed by atoms with van der Waals surface area (Å²) in [4.78, 5) is 2.56. The lowest BCUT2D eigenvalue weighted by Crippen LogP contribution is -2.45. The van der Waals surface area contributed by atoms with Gasteiger partial charge in [0.05, 0.1) is 11.6 Å². The van der Waals surface area contributed by atoms with Crippen LogP contribution in [0.4, 0.5) is 0 Å². The van der Waals surface area contributed by atoms with Gasteiger partial charge in [-0.25, -0.2) is 0 Å². The number of nitrogens with one attached hydrogen (secondary N) is 1. The molecule has 3 rings (SSSR count). The largest absolute Gasteiger partial charge is 0.492 e. The summed E-state index contributed by atoms with van der Waals surface area (Å²) in [6, 6.07) is 6.58. The van der Waals surface area contributed by atoms with E-state index in [1.165, 1.54) is 5.56 Å². The van der Waals surface area contributed by atoms with Gasteiger partial charge >= 0.3 is 0 Å². The fourth-order valence-electron chi connectivity index (χ4n) is 2.92. The van der Waals surface area contributed by atoms with E-state index in [1.54, 1.807) is 0 Å². The van der Waals surface area contributed by atoms with E-state index in [1.807, 2.05) is 12.1 Å². The van der Waals surface area contributed by atoms with E-state index in [-0.39, 0.29) is 0 Å². The lowest BCUT2D eigenvalue weighted by Gasteiger charge is -2.35. The predicted molar refractivity (Wildman–Crippen MR) is 73.4 cm³/mol. The summed E-state index contributed by atoms with van der Waals surface area (Å²) in [7, 11) is 0.